The molecule has 0 aliphatic carbocycles. The van der Waals surface area contributed by atoms with Crippen molar-refractivity contribution in [3.63, 3.8) is 0 Å². The van der Waals surface area contributed by atoms with Gasteiger partial charge in [-0.25, -0.2) is 12.8 Å². The van der Waals surface area contributed by atoms with Crippen LogP contribution >= 0.6 is 22.6 Å². The lowest BCUT2D eigenvalue weighted by molar-refractivity contribution is 0.596. The standard InChI is InChI=1S/C13H12FIN2O2S/c14-13-5-4-12(6-9(13)8-16)20(18,19)17-11-3-1-2-10(15)7-11/h1-7,17H,8,16H2. The average Bonchev–Trinajstić information content (AvgIpc) is 2.38. The van der Waals surface area contributed by atoms with Crippen molar-refractivity contribution in [2.75, 3.05) is 4.72 Å². The number of sulfonamides is 1. The highest BCUT2D eigenvalue weighted by atomic mass is 127. The molecule has 106 valence electrons. The van der Waals surface area contributed by atoms with E-state index in [1.807, 2.05) is 6.07 Å². The van der Waals surface area contributed by atoms with Gasteiger partial charge in [0.05, 0.1) is 4.90 Å². The van der Waals surface area contributed by atoms with Crippen LogP contribution in [0.4, 0.5) is 10.1 Å². The zero-order chi connectivity index (χ0) is 14.8. The minimum atomic E-state index is -3.75. The van der Waals surface area contributed by atoms with Crippen LogP contribution in [0.3, 0.4) is 0 Å². The largest absolute Gasteiger partial charge is 0.326 e. The molecule has 0 fully saturated rings. The number of hydrogen-bond donors (Lipinski definition) is 2. The molecular weight excluding hydrogens is 394 g/mol. The smallest absolute Gasteiger partial charge is 0.261 e. The summed E-state index contributed by atoms with van der Waals surface area (Å²) in [5.74, 6) is -0.513. The molecule has 2 aromatic rings. The lowest BCUT2D eigenvalue weighted by Gasteiger charge is -2.10. The normalized spacial score (nSPS) is 11.3. The van der Waals surface area contributed by atoms with E-state index in [2.05, 4.69) is 27.3 Å². The summed E-state index contributed by atoms with van der Waals surface area (Å²) in [4.78, 5) is -0.0155. The molecule has 0 bridgehead atoms. The highest BCUT2D eigenvalue weighted by Gasteiger charge is 2.16. The zero-order valence-corrected chi connectivity index (χ0v) is 13.3. The number of anilines is 1. The third-order valence-electron chi connectivity index (χ3n) is 2.62. The molecule has 2 aromatic carbocycles. The Hall–Kier alpha value is -1.19. The van der Waals surface area contributed by atoms with Crippen LogP contribution in [-0.2, 0) is 16.6 Å². The molecule has 0 saturated carbocycles. The van der Waals surface area contributed by atoms with Gasteiger partial charge in [-0.2, -0.15) is 0 Å². The van der Waals surface area contributed by atoms with E-state index >= 15 is 0 Å². The average molecular weight is 406 g/mol. The van der Waals surface area contributed by atoms with E-state index in [1.54, 1.807) is 18.2 Å². The Kier molecular flexibility index (Phi) is 4.61. The number of hydrogen-bond acceptors (Lipinski definition) is 3. The molecule has 0 amide bonds. The Labute approximate surface area is 130 Å². The van der Waals surface area contributed by atoms with Crippen molar-refractivity contribution in [1.29, 1.82) is 0 Å². The SMILES string of the molecule is NCc1cc(S(=O)(=O)Nc2cccc(I)c2)ccc1F. The molecule has 3 N–H and O–H groups in total. The van der Waals surface area contributed by atoms with E-state index in [-0.39, 0.29) is 17.0 Å². The molecule has 20 heavy (non-hydrogen) atoms. The number of halogens is 2. The molecule has 0 heterocycles. The second-order valence-electron chi connectivity index (χ2n) is 4.07. The highest BCUT2D eigenvalue weighted by Crippen LogP contribution is 2.20. The van der Waals surface area contributed by atoms with Gasteiger partial charge in [-0.3, -0.25) is 4.72 Å². The number of nitrogens with one attached hydrogen (secondary N) is 1. The van der Waals surface area contributed by atoms with Gasteiger partial charge in [-0.15, -0.1) is 0 Å². The van der Waals surface area contributed by atoms with Crippen LogP contribution in [0.15, 0.2) is 47.4 Å². The van der Waals surface area contributed by atoms with Crippen molar-refractivity contribution in [3.05, 3.63) is 57.4 Å². The molecule has 2 rings (SSSR count). The summed E-state index contributed by atoms with van der Waals surface area (Å²) >= 11 is 2.09. The summed E-state index contributed by atoms with van der Waals surface area (Å²) in [5, 5.41) is 0. The van der Waals surface area contributed by atoms with E-state index in [1.165, 1.54) is 12.1 Å². The Morgan fingerprint density at radius 3 is 2.60 bits per heavy atom. The minimum Gasteiger partial charge on any atom is -0.326 e. The van der Waals surface area contributed by atoms with Gasteiger partial charge in [-0.1, -0.05) is 6.07 Å². The van der Waals surface area contributed by atoms with Crippen LogP contribution in [0.1, 0.15) is 5.56 Å². The summed E-state index contributed by atoms with van der Waals surface area (Å²) in [5.41, 5.74) is 6.00. The lowest BCUT2D eigenvalue weighted by Crippen LogP contribution is -2.14. The van der Waals surface area contributed by atoms with Gasteiger partial charge in [0.2, 0.25) is 0 Å². The van der Waals surface area contributed by atoms with E-state index in [4.69, 9.17) is 5.73 Å². The lowest BCUT2D eigenvalue weighted by atomic mass is 10.2. The van der Waals surface area contributed by atoms with Crippen molar-refractivity contribution in [3.8, 4) is 0 Å². The maximum absolute atomic E-state index is 13.3. The molecule has 0 atom stereocenters. The molecule has 0 unspecified atom stereocenters. The van der Waals surface area contributed by atoms with E-state index < -0.39 is 15.8 Å². The first kappa shape index (κ1) is 15.2. The first-order valence-electron chi connectivity index (χ1n) is 5.69. The zero-order valence-electron chi connectivity index (χ0n) is 10.3. The van der Waals surface area contributed by atoms with Crippen LogP contribution in [0.25, 0.3) is 0 Å². The maximum atomic E-state index is 13.3. The van der Waals surface area contributed by atoms with Crippen molar-refractivity contribution in [1.82, 2.24) is 0 Å². The molecule has 7 heteroatoms. The van der Waals surface area contributed by atoms with Crippen molar-refractivity contribution < 1.29 is 12.8 Å². The topological polar surface area (TPSA) is 72.2 Å². The quantitative estimate of drug-likeness (QED) is 0.768. The number of rotatable bonds is 4. The fourth-order valence-corrected chi connectivity index (χ4v) is 3.28. The second kappa shape index (κ2) is 6.06. The molecule has 0 aromatic heterocycles. The van der Waals surface area contributed by atoms with Gasteiger partial charge in [0.1, 0.15) is 5.82 Å². The molecule has 0 aliphatic heterocycles. The molecule has 0 radical (unpaired) electrons. The van der Waals surface area contributed by atoms with Crippen LogP contribution < -0.4 is 10.5 Å². The monoisotopic (exact) mass is 406 g/mol. The first-order chi connectivity index (χ1) is 9.42. The second-order valence-corrected chi connectivity index (χ2v) is 7.00. The predicted octanol–water partition coefficient (Wildman–Crippen LogP) is 2.69. The van der Waals surface area contributed by atoms with Crippen LogP contribution in [0.2, 0.25) is 0 Å². The van der Waals surface area contributed by atoms with E-state index in [0.29, 0.717) is 5.69 Å². The van der Waals surface area contributed by atoms with Gasteiger partial charge >= 0.3 is 0 Å². The maximum Gasteiger partial charge on any atom is 0.261 e. The third-order valence-corrected chi connectivity index (χ3v) is 4.67. The summed E-state index contributed by atoms with van der Waals surface area (Å²) < 4.78 is 41.1. The molecule has 0 saturated heterocycles. The highest BCUT2D eigenvalue weighted by molar-refractivity contribution is 14.1. The fourth-order valence-electron chi connectivity index (χ4n) is 1.64. The van der Waals surface area contributed by atoms with Gasteiger partial charge in [0, 0.05) is 21.4 Å². The summed E-state index contributed by atoms with van der Waals surface area (Å²) in [7, 11) is -3.75. The number of nitrogens with two attached hydrogens (primary N) is 1. The molecule has 0 spiro atoms. The van der Waals surface area contributed by atoms with Gasteiger partial charge < -0.3 is 5.73 Å². The van der Waals surface area contributed by atoms with E-state index in [9.17, 15) is 12.8 Å². The Morgan fingerprint density at radius 1 is 1.20 bits per heavy atom. The van der Waals surface area contributed by atoms with Crippen LogP contribution in [0.5, 0.6) is 0 Å². The van der Waals surface area contributed by atoms with Crippen LogP contribution in [-0.4, -0.2) is 8.42 Å². The van der Waals surface area contributed by atoms with E-state index in [0.717, 1.165) is 9.64 Å². The Morgan fingerprint density at radius 2 is 1.95 bits per heavy atom. The molecule has 0 aliphatic rings. The predicted molar refractivity (Wildman–Crippen MR) is 84.3 cm³/mol. The third kappa shape index (κ3) is 3.47. The first-order valence-corrected chi connectivity index (χ1v) is 8.25. The van der Waals surface area contributed by atoms with Crippen LogP contribution in [0, 0.1) is 9.39 Å². The summed E-state index contributed by atoms with van der Waals surface area (Å²) in [6.45, 7) is -0.0571. The molecule has 4 nitrogen and oxygen atoms in total. The minimum absolute atomic E-state index is 0.0155. The van der Waals surface area contributed by atoms with Gasteiger partial charge in [-0.05, 0) is 59.0 Å². The Bertz CT molecular complexity index is 735. The van der Waals surface area contributed by atoms with Crippen molar-refractivity contribution >= 4 is 38.3 Å². The summed E-state index contributed by atoms with van der Waals surface area (Å²) in [6, 6.07) is 10.5. The van der Waals surface area contributed by atoms with Crippen molar-refractivity contribution in [2.45, 2.75) is 11.4 Å². The summed E-state index contributed by atoms with van der Waals surface area (Å²) in [6.07, 6.45) is 0. The number of benzene rings is 2. The molecular formula is C13H12FIN2O2S. The van der Waals surface area contributed by atoms with Crippen molar-refractivity contribution in [2.24, 2.45) is 5.73 Å². The van der Waals surface area contributed by atoms with Gasteiger partial charge in [0.25, 0.3) is 10.0 Å². The fraction of sp³-hybridized carbons (Fsp3) is 0.0769. The van der Waals surface area contributed by atoms with Gasteiger partial charge in [0.15, 0.2) is 0 Å². The Balaban J connectivity index is 2.35.